The Morgan fingerprint density at radius 1 is 0.964 bits per heavy atom. The fraction of sp³-hybridized carbons (Fsp3) is 0.348. The van der Waals surface area contributed by atoms with Gasteiger partial charge in [0.1, 0.15) is 17.9 Å². The highest BCUT2D eigenvalue weighted by Gasteiger charge is 2.68. The molecule has 142 valence electrons. The summed E-state index contributed by atoms with van der Waals surface area (Å²) in [6.07, 6.45) is 1.89. The Balaban J connectivity index is 1.55. The number of benzene rings is 2. The molecule has 0 saturated carbocycles. The Hall–Kier alpha value is -2.79. The second-order valence-electron chi connectivity index (χ2n) is 8.18. The van der Waals surface area contributed by atoms with Crippen molar-refractivity contribution in [2.24, 2.45) is 11.8 Å². The summed E-state index contributed by atoms with van der Waals surface area (Å²) in [6.45, 7) is 2.83. The largest absolute Gasteiger partial charge is 0.322 e. The second kappa shape index (κ2) is 6.38. The van der Waals surface area contributed by atoms with Gasteiger partial charge in [-0.05, 0) is 19.1 Å². The number of Topliss-reactive ketones (excluding diaryl/α,β-unsaturated/α-hetero) is 1. The third kappa shape index (κ3) is 2.39. The third-order valence-corrected chi connectivity index (χ3v) is 6.68. The monoisotopic (exact) mass is 375 g/mol. The van der Waals surface area contributed by atoms with Gasteiger partial charge in [-0.15, -0.1) is 0 Å². The van der Waals surface area contributed by atoms with Crippen molar-refractivity contribution in [1.29, 1.82) is 0 Å². The first-order valence-electron chi connectivity index (χ1n) is 9.97. The maximum atomic E-state index is 13.4. The molecule has 3 aliphatic heterocycles. The summed E-state index contributed by atoms with van der Waals surface area (Å²) >= 11 is 0. The fourth-order valence-electron chi connectivity index (χ4n) is 5.47. The van der Waals surface area contributed by atoms with Crippen LogP contribution in [0.3, 0.4) is 0 Å². The van der Waals surface area contributed by atoms with E-state index in [4.69, 9.17) is 0 Å². The van der Waals surface area contributed by atoms with E-state index in [2.05, 4.69) is 0 Å². The van der Waals surface area contributed by atoms with Crippen LogP contribution in [0.5, 0.6) is 0 Å². The normalized spacial score (nSPS) is 31.2. The maximum absolute atomic E-state index is 13.4. The zero-order valence-electron chi connectivity index (χ0n) is 15.8. The molecule has 0 aliphatic carbocycles. The fourth-order valence-corrected chi connectivity index (χ4v) is 5.47. The van der Waals surface area contributed by atoms with Crippen LogP contribution in [0.2, 0.25) is 0 Å². The van der Waals surface area contributed by atoms with Gasteiger partial charge in [0.2, 0.25) is 17.6 Å². The topological polar surface area (TPSA) is 58.9 Å². The van der Waals surface area contributed by atoms with E-state index in [1.54, 1.807) is 12.1 Å². The van der Waals surface area contributed by atoms with Gasteiger partial charge in [-0.2, -0.15) is 0 Å². The minimum Gasteiger partial charge on any atom is -0.322 e. The second-order valence-corrected chi connectivity index (χ2v) is 8.18. The summed E-state index contributed by atoms with van der Waals surface area (Å²) < 4.78 is 0. The number of ketones is 1. The van der Waals surface area contributed by atoms with Crippen LogP contribution in [0.25, 0.3) is 0 Å². The molecule has 1 unspecified atom stereocenters. The molecule has 28 heavy (non-hydrogen) atoms. The van der Waals surface area contributed by atoms with Crippen LogP contribution in [0.1, 0.15) is 28.8 Å². The van der Waals surface area contributed by atoms with E-state index in [9.17, 15) is 14.4 Å². The zero-order valence-corrected chi connectivity index (χ0v) is 15.8. The molecule has 5 heteroatoms. The molecule has 0 radical (unpaired) electrons. The molecular weight excluding hydrogens is 352 g/mol. The highest BCUT2D eigenvalue weighted by Crippen LogP contribution is 2.40. The van der Waals surface area contributed by atoms with Crippen molar-refractivity contribution < 1.29 is 19.3 Å². The smallest absolute Gasteiger partial charge is 0.244 e. The number of aryl methyl sites for hydroxylation is 1. The van der Waals surface area contributed by atoms with Crippen LogP contribution in [0.4, 0.5) is 5.69 Å². The van der Waals surface area contributed by atoms with Gasteiger partial charge in [0, 0.05) is 18.4 Å². The van der Waals surface area contributed by atoms with E-state index in [0.29, 0.717) is 11.3 Å². The minimum absolute atomic E-state index is 0.0121. The van der Waals surface area contributed by atoms with Crippen LogP contribution in [0, 0.1) is 18.8 Å². The summed E-state index contributed by atoms with van der Waals surface area (Å²) in [7, 11) is 0. The van der Waals surface area contributed by atoms with Crippen molar-refractivity contribution >= 4 is 23.3 Å². The van der Waals surface area contributed by atoms with Gasteiger partial charge >= 0.3 is 0 Å². The lowest BCUT2D eigenvalue weighted by Crippen LogP contribution is -3.16. The zero-order chi connectivity index (χ0) is 19.4. The Bertz CT molecular complexity index is 954. The van der Waals surface area contributed by atoms with E-state index in [1.807, 2.05) is 49.4 Å². The maximum Gasteiger partial charge on any atom is 0.244 e. The average Bonchev–Trinajstić information content (AvgIpc) is 3.35. The molecule has 3 heterocycles. The van der Waals surface area contributed by atoms with E-state index < -0.39 is 12.0 Å². The molecule has 3 fully saturated rings. The SMILES string of the molecule is Cc1ccc(N2C(=O)[C@@H]3[C@H](C2=O)[C@H]2CCC[NH+]2[C@@H]3C(=O)c2ccccc2)cc1. The Labute approximate surface area is 163 Å². The van der Waals surface area contributed by atoms with Gasteiger partial charge in [0.25, 0.3) is 0 Å². The van der Waals surface area contributed by atoms with Crippen molar-refractivity contribution in [2.45, 2.75) is 31.8 Å². The molecule has 2 aromatic rings. The quantitative estimate of drug-likeness (QED) is 0.652. The number of amides is 2. The van der Waals surface area contributed by atoms with Crippen LogP contribution >= 0.6 is 0 Å². The highest BCUT2D eigenvalue weighted by atomic mass is 16.2. The lowest BCUT2D eigenvalue weighted by Gasteiger charge is -2.25. The standard InChI is InChI=1S/C23H22N2O3/c1-14-9-11-16(12-10-14)25-22(27)18-17-8-5-13-24(17)20(19(18)23(25)28)21(26)15-6-3-2-4-7-15/h2-4,6-7,9-12,17-20H,5,8,13H2,1H3/p+1/t17-,18-,19-,20+/m1/s1. The van der Waals surface area contributed by atoms with Crippen molar-refractivity contribution in [1.82, 2.24) is 0 Å². The number of carbonyl (C=O) groups is 3. The minimum atomic E-state index is -0.554. The Morgan fingerprint density at radius 2 is 1.64 bits per heavy atom. The first kappa shape index (κ1) is 17.3. The molecule has 0 bridgehead atoms. The molecule has 2 amide bonds. The predicted molar refractivity (Wildman–Crippen MR) is 104 cm³/mol. The van der Waals surface area contributed by atoms with Crippen molar-refractivity contribution in [3.05, 3.63) is 65.7 Å². The van der Waals surface area contributed by atoms with Gasteiger partial charge in [0.05, 0.1) is 12.2 Å². The van der Waals surface area contributed by atoms with E-state index >= 15 is 0 Å². The average molecular weight is 375 g/mol. The molecule has 5 nitrogen and oxygen atoms in total. The number of nitrogens with zero attached hydrogens (tertiary/aromatic N) is 1. The summed E-state index contributed by atoms with van der Waals surface area (Å²) in [5.74, 6) is -1.30. The van der Waals surface area contributed by atoms with E-state index in [0.717, 1.165) is 29.8 Å². The number of nitrogens with one attached hydrogen (secondary N) is 1. The predicted octanol–water partition coefficient (Wildman–Crippen LogP) is 1.41. The lowest BCUT2D eigenvalue weighted by molar-refractivity contribution is -0.915. The molecule has 5 atom stereocenters. The number of imide groups is 1. The van der Waals surface area contributed by atoms with Gasteiger partial charge in [-0.1, -0.05) is 48.0 Å². The molecule has 3 saturated heterocycles. The summed E-state index contributed by atoms with van der Waals surface area (Å²) in [4.78, 5) is 42.5. The summed E-state index contributed by atoms with van der Waals surface area (Å²) in [5, 5.41) is 0. The number of anilines is 1. The first-order valence-corrected chi connectivity index (χ1v) is 9.97. The third-order valence-electron chi connectivity index (χ3n) is 6.68. The van der Waals surface area contributed by atoms with Crippen LogP contribution < -0.4 is 9.80 Å². The Kier molecular flexibility index (Phi) is 3.95. The summed E-state index contributed by atoms with van der Waals surface area (Å²) in [6, 6.07) is 16.2. The number of hydrogen-bond donors (Lipinski definition) is 1. The van der Waals surface area contributed by atoms with Crippen LogP contribution in [-0.2, 0) is 9.59 Å². The molecule has 3 aliphatic rings. The molecule has 2 aromatic carbocycles. The number of fused-ring (bicyclic) bond motifs is 3. The molecule has 0 aromatic heterocycles. The number of hydrogen-bond acceptors (Lipinski definition) is 3. The van der Waals surface area contributed by atoms with Crippen molar-refractivity contribution in [3.63, 3.8) is 0 Å². The molecular formula is C23H23N2O3+. The van der Waals surface area contributed by atoms with Gasteiger partial charge in [-0.25, -0.2) is 4.90 Å². The number of rotatable bonds is 3. The number of carbonyl (C=O) groups excluding carboxylic acids is 3. The van der Waals surface area contributed by atoms with Crippen molar-refractivity contribution in [2.75, 3.05) is 11.4 Å². The highest BCUT2D eigenvalue weighted by molar-refractivity contribution is 6.24. The lowest BCUT2D eigenvalue weighted by atomic mass is 9.85. The molecule has 5 rings (SSSR count). The number of quaternary nitrogens is 1. The molecule has 0 spiro atoms. The Morgan fingerprint density at radius 3 is 2.36 bits per heavy atom. The van der Waals surface area contributed by atoms with Crippen LogP contribution in [0.15, 0.2) is 54.6 Å². The van der Waals surface area contributed by atoms with Crippen molar-refractivity contribution in [3.8, 4) is 0 Å². The van der Waals surface area contributed by atoms with Gasteiger partial charge in [0.15, 0.2) is 6.04 Å². The van der Waals surface area contributed by atoms with Crippen LogP contribution in [-0.4, -0.2) is 36.2 Å². The first-order chi connectivity index (χ1) is 13.6. The van der Waals surface area contributed by atoms with E-state index in [1.165, 1.54) is 4.90 Å². The van der Waals surface area contributed by atoms with E-state index in [-0.39, 0.29) is 29.6 Å². The van der Waals surface area contributed by atoms with Gasteiger partial charge in [-0.3, -0.25) is 14.4 Å². The molecule has 1 N–H and O–H groups in total. The van der Waals surface area contributed by atoms with Gasteiger partial charge < -0.3 is 4.90 Å². The summed E-state index contributed by atoms with van der Waals surface area (Å²) in [5.41, 5.74) is 2.31.